The lowest BCUT2D eigenvalue weighted by atomic mass is 10.1. The van der Waals surface area contributed by atoms with Crippen LogP contribution < -0.4 is 10.2 Å². The van der Waals surface area contributed by atoms with Gasteiger partial charge in [-0.3, -0.25) is 4.79 Å². The standard InChI is InChI=1S/C12H13FN2O2/c13-8-2-1-3-9(4-8)15-10-5-14-6-11(10)17-7-12(15)16/h1-4,10-11,14H,5-7H2/t10-,11-/m1/s1. The lowest BCUT2D eigenvalue weighted by Gasteiger charge is -2.36. The molecule has 3 rings (SSSR count). The second-order valence-electron chi connectivity index (χ2n) is 4.32. The molecule has 2 fully saturated rings. The van der Waals surface area contributed by atoms with Gasteiger partial charge in [0.15, 0.2) is 0 Å². The summed E-state index contributed by atoms with van der Waals surface area (Å²) < 4.78 is 18.7. The summed E-state index contributed by atoms with van der Waals surface area (Å²) in [6, 6.07) is 6.10. The highest BCUT2D eigenvalue weighted by Gasteiger charge is 2.40. The predicted octanol–water partition coefficient (Wildman–Crippen LogP) is 0.529. The first-order chi connectivity index (χ1) is 8.25. The Bertz CT molecular complexity index is 452. The number of carbonyl (C=O) groups excluding carboxylic acids is 1. The van der Waals surface area contributed by atoms with Gasteiger partial charge in [-0.15, -0.1) is 0 Å². The van der Waals surface area contributed by atoms with E-state index in [1.54, 1.807) is 17.0 Å². The van der Waals surface area contributed by atoms with E-state index in [4.69, 9.17) is 4.74 Å². The molecule has 2 atom stereocenters. The van der Waals surface area contributed by atoms with E-state index in [1.807, 2.05) is 0 Å². The van der Waals surface area contributed by atoms with Crippen molar-refractivity contribution >= 4 is 11.6 Å². The zero-order chi connectivity index (χ0) is 11.8. The van der Waals surface area contributed by atoms with Gasteiger partial charge in [-0.05, 0) is 18.2 Å². The number of halogens is 1. The van der Waals surface area contributed by atoms with Crippen molar-refractivity contribution in [2.45, 2.75) is 12.1 Å². The first kappa shape index (κ1) is 10.7. The smallest absolute Gasteiger partial charge is 0.253 e. The zero-order valence-corrected chi connectivity index (χ0v) is 9.23. The van der Waals surface area contributed by atoms with Gasteiger partial charge in [0, 0.05) is 18.8 Å². The first-order valence-electron chi connectivity index (χ1n) is 5.65. The van der Waals surface area contributed by atoms with E-state index in [-0.39, 0.29) is 30.5 Å². The van der Waals surface area contributed by atoms with Crippen LogP contribution in [0.2, 0.25) is 0 Å². The molecular weight excluding hydrogens is 223 g/mol. The van der Waals surface area contributed by atoms with Gasteiger partial charge < -0.3 is 15.0 Å². The Morgan fingerprint density at radius 2 is 2.29 bits per heavy atom. The van der Waals surface area contributed by atoms with Crippen molar-refractivity contribution in [2.75, 3.05) is 24.6 Å². The molecule has 1 amide bonds. The summed E-state index contributed by atoms with van der Waals surface area (Å²) in [5.41, 5.74) is 0.608. The molecule has 4 nitrogen and oxygen atoms in total. The highest BCUT2D eigenvalue weighted by molar-refractivity contribution is 5.95. The Balaban J connectivity index is 1.96. The van der Waals surface area contributed by atoms with Crippen molar-refractivity contribution < 1.29 is 13.9 Å². The Hall–Kier alpha value is -1.46. The van der Waals surface area contributed by atoms with Gasteiger partial charge in [0.05, 0.1) is 12.1 Å². The van der Waals surface area contributed by atoms with E-state index in [2.05, 4.69) is 5.32 Å². The summed E-state index contributed by atoms with van der Waals surface area (Å²) in [7, 11) is 0. The number of ether oxygens (including phenoxy) is 1. The van der Waals surface area contributed by atoms with Crippen LogP contribution in [0.3, 0.4) is 0 Å². The summed E-state index contributed by atoms with van der Waals surface area (Å²) in [6.07, 6.45) is 0.0102. The minimum Gasteiger partial charge on any atom is -0.365 e. The quantitative estimate of drug-likeness (QED) is 0.773. The number of anilines is 1. The monoisotopic (exact) mass is 236 g/mol. The number of fused-ring (bicyclic) bond motifs is 1. The third-order valence-electron chi connectivity index (χ3n) is 3.24. The van der Waals surface area contributed by atoms with Gasteiger partial charge in [-0.1, -0.05) is 6.07 Å². The molecule has 0 bridgehead atoms. The molecule has 0 unspecified atom stereocenters. The van der Waals surface area contributed by atoms with Crippen LogP contribution >= 0.6 is 0 Å². The van der Waals surface area contributed by atoms with Crippen molar-refractivity contribution in [3.05, 3.63) is 30.1 Å². The van der Waals surface area contributed by atoms with E-state index >= 15 is 0 Å². The molecule has 90 valence electrons. The van der Waals surface area contributed by atoms with Crippen molar-refractivity contribution in [3.63, 3.8) is 0 Å². The summed E-state index contributed by atoms with van der Waals surface area (Å²) in [6.45, 7) is 1.50. The number of morpholine rings is 1. The summed E-state index contributed by atoms with van der Waals surface area (Å²) in [5, 5.41) is 3.19. The molecular formula is C12H13FN2O2. The minimum absolute atomic E-state index is 0.0102. The van der Waals surface area contributed by atoms with Crippen molar-refractivity contribution in [2.24, 2.45) is 0 Å². The van der Waals surface area contributed by atoms with Gasteiger partial charge in [0.1, 0.15) is 12.4 Å². The maximum absolute atomic E-state index is 13.2. The lowest BCUT2D eigenvalue weighted by molar-refractivity contribution is -0.130. The number of hydrogen-bond acceptors (Lipinski definition) is 3. The zero-order valence-electron chi connectivity index (χ0n) is 9.23. The molecule has 1 aromatic rings. The highest BCUT2D eigenvalue weighted by Crippen LogP contribution is 2.26. The lowest BCUT2D eigenvalue weighted by Crippen LogP contribution is -2.54. The topological polar surface area (TPSA) is 41.6 Å². The van der Waals surface area contributed by atoms with Crippen LogP contribution in [0.4, 0.5) is 10.1 Å². The largest absolute Gasteiger partial charge is 0.365 e. The van der Waals surface area contributed by atoms with Gasteiger partial charge >= 0.3 is 0 Å². The third-order valence-corrected chi connectivity index (χ3v) is 3.24. The molecule has 0 spiro atoms. The molecule has 2 saturated heterocycles. The molecule has 2 heterocycles. The predicted molar refractivity (Wildman–Crippen MR) is 60.3 cm³/mol. The van der Waals surface area contributed by atoms with E-state index in [0.717, 1.165) is 6.54 Å². The SMILES string of the molecule is O=C1CO[C@@H]2CNC[C@H]2N1c1cccc(F)c1. The fourth-order valence-corrected chi connectivity index (χ4v) is 2.46. The fourth-order valence-electron chi connectivity index (χ4n) is 2.46. The van der Waals surface area contributed by atoms with Crippen LogP contribution in [0, 0.1) is 5.82 Å². The third kappa shape index (κ3) is 1.81. The van der Waals surface area contributed by atoms with Crippen molar-refractivity contribution in [1.29, 1.82) is 0 Å². The molecule has 17 heavy (non-hydrogen) atoms. The maximum Gasteiger partial charge on any atom is 0.253 e. The molecule has 1 N–H and O–H groups in total. The second kappa shape index (κ2) is 4.09. The summed E-state index contributed by atoms with van der Waals surface area (Å²) in [5.74, 6) is -0.440. The van der Waals surface area contributed by atoms with Gasteiger partial charge in [0.2, 0.25) is 0 Å². The van der Waals surface area contributed by atoms with Gasteiger partial charge in [-0.25, -0.2) is 4.39 Å². The molecule has 1 aromatic carbocycles. The minimum atomic E-state index is -0.329. The van der Waals surface area contributed by atoms with E-state index < -0.39 is 0 Å². The van der Waals surface area contributed by atoms with Crippen LogP contribution in [0.1, 0.15) is 0 Å². The Labute approximate surface area is 98.4 Å². The van der Waals surface area contributed by atoms with E-state index in [0.29, 0.717) is 12.2 Å². The number of amides is 1. The number of carbonyl (C=O) groups is 1. The van der Waals surface area contributed by atoms with Gasteiger partial charge in [0.25, 0.3) is 5.91 Å². The normalized spacial score (nSPS) is 28.3. The number of nitrogens with one attached hydrogen (secondary N) is 1. The molecule has 2 aliphatic heterocycles. The number of rotatable bonds is 1. The average molecular weight is 236 g/mol. The van der Waals surface area contributed by atoms with Crippen LogP contribution in [-0.4, -0.2) is 37.7 Å². The van der Waals surface area contributed by atoms with Crippen molar-refractivity contribution in [3.8, 4) is 0 Å². The molecule has 0 saturated carbocycles. The summed E-state index contributed by atoms with van der Waals surface area (Å²) >= 11 is 0. The Morgan fingerprint density at radius 3 is 3.12 bits per heavy atom. The van der Waals surface area contributed by atoms with Gasteiger partial charge in [-0.2, -0.15) is 0 Å². The Morgan fingerprint density at radius 1 is 1.41 bits per heavy atom. The molecule has 0 aliphatic carbocycles. The van der Waals surface area contributed by atoms with Crippen molar-refractivity contribution in [1.82, 2.24) is 5.32 Å². The average Bonchev–Trinajstić information content (AvgIpc) is 2.76. The number of benzene rings is 1. The molecule has 2 aliphatic rings. The fraction of sp³-hybridized carbons (Fsp3) is 0.417. The first-order valence-corrected chi connectivity index (χ1v) is 5.65. The number of nitrogens with zero attached hydrogens (tertiary/aromatic N) is 1. The molecule has 0 aromatic heterocycles. The van der Waals surface area contributed by atoms with Crippen LogP contribution in [0.15, 0.2) is 24.3 Å². The maximum atomic E-state index is 13.2. The Kier molecular flexibility index (Phi) is 2.57. The second-order valence-corrected chi connectivity index (χ2v) is 4.32. The molecule has 5 heteroatoms. The summed E-state index contributed by atoms with van der Waals surface area (Å²) in [4.78, 5) is 13.5. The van der Waals surface area contributed by atoms with Crippen LogP contribution in [-0.2, 0) is 9.53 Å². The highest BCUT2D eigenvalue weighted by atomic mass is 19.1. The number of hydrogen-bond donors (Lipinski definition) is 1. The van der Waals surface area contributed by atoms with E-state index in [9.17, 15) is 9.18 Å². The van der Waals surface area contributed by atoms with Crippen LogP contribution in [0.5, 0.6) is 0 Å². The molecule has 0 radical (unpaired) electrons. The van der Waals surface area contributed by atoms with E-state index in [1.165, 1.54) is 12.1 Å². The van der Waals surface area contributed by atoms with Crippen LogP contribution in [0.25, 0.3) is 0 Å².